The first-order valence-corrected chi connectivity index (χ1v) is 12.4. The monoisotopic (exact) mass is 518 g/mol. The number of nitrogens with zero attached hydrogens (tertiary/aromatic N) is 4. The molecule has 0 radical (unpaired) electrons. The molecule has 194 valence electrons. The molecule has 0 atom stereocenters. The molecule has 2 aromatic carbocycles. The van der Waals surface area contributed by atoms with E-state index in [0.717, 1.165) is 59.9 Å². The fourth-order valence-electron chi connectivity index (χ4n) is 5.11. The van der Waals surface area contributed by atoms with Gasteiger partial charge in [0.15, 0.2) is 0 Å². The highest BCUT2D eigenvalue weighted by Crippen LogP contribution is 2.35. The summed E-state index contributed by atoms with van der Waals surface area (Å²) < 4.78 is 42.1. The van der Waals surface area contributed by atoms with Crippen molar-refractivity contribution >= 4 is 16.9 Å². The van der Waals surface area contributed by atoms with Crippen molar-refractivity contribution in [1.29, 1.82) is 0 Å². The van der Waals surface area contributed by atoms with Crippen molar-refractivity contribution in [2.45, 2.75) is 32.0 Å². The molecule has 2 N–H and O–H groups in total. The first kappa shape index (κ1) is 24.0. The number of H-pyrrole nitrogens is 2. The maximum absolute atomic E-state index is 12.7. The normalized spacial score (nSPS) is 14.8. The SMILES string of the molecule is Cc1[nH]c(C2CCN(c3ncnc4[nH]c(-c5cccc(OC(F)(F)F)c5)cc34)CC2)nc1-c1ccccc1. The van der Waals surface area contributed by atoms with Crippen LogP contribution in [-0.2, 0) is 0 Å². The Bertz CT molecular complexity index is 1570. The van der Waals surface area contributed by atoms with Crippen LogP contribution in [0.3, 0.4) is 0 Å². The van der Waals surface area contributed by atoms with E-state index in [-0.39, 0.29) is 5.75 Å². The van der Waals surface area contributed by atoms with Gasteiger partial charge in [0.05, 0.1) is 11.1 Å². The third kappa shape index (κ3) is 4.81. The Labute approximate surface area is 216 Å². The van der Waals surface area contributed by atoms with E-state index in [1.54, 1.807) is 6.07 Å². The molecule has 0 aliphatic carbocycles. The van der Waals surface area contributed by atoms with Crippen molar-refractivity contribution in [2.75, 3.05) is 18.0 Å². The highest BCUT2D eigenvalue weighted by atomic mass is 19.4. The van der Waals surface area contributed by atoms with Gasteiger partial charge in [-0.25, -0.2) is 15.0 Å². The molecular weight excluding hydrogens is 493 g/mol. The Morgan fingerprint density at radius 3 is 2.45 bits per heavy atom. The number of aromatic nitrogens is 5. The fourth-order valence-corrected chi connectivity index (χ4v) is 5.11. The lowest BCUT2D eigenvalue weighted by Gasteiger charge is -2.32. The standard InChI is InChI=1S/C28H25F3N6O/c1-17-24(18-6-3-2-4-7-18)36-25(34-17)19-10-12-37(13-11-19)27-22-15-23(35-26(22)32-16-33-27)20-8-5-9-21(14-20)38-28(29,30)31/h2-9,14-16,19H,10-13H2,1H3,(H,34,36)(H,32,33,35). The van der Waals surface area contributed by atoms with E-state index in [0.29, 0.717) is 22.8 Å². The first-order chi connectivity index (χ1) is 18.3. The summed E-state index contributed by atoms with van der Waals surface area (Å²) in [6.07, 6.45) is -1.40. The number of ether oxygens (including phenoxy) is 1. The summed E-state index contributed by atoms with van der Waals surface area (Å²) in [4.78, 5) is 22.8. The maximum Gasteiger partial charge on any atom is 0.573 e. The lowest BCUT2D eigenvalue weighted by molar-refractivity contribution is -0.274. The zero-order valence-electron chi connectivity index (χ0n) is 20.6. The molecule has 0 unspecified atom stereocenters. The van der Waals surface area contributed by atoms with Gasteiger partial charge in [-0.2, -0.15) is 0 Å². The van der Waals surface area contributed by atoms with Gasteiger partial charge in [-0.1, -0.05) is 42.5 Å². The van der Waals surface area contributed by atoms with Gasteiger partial charge in [-0.15, -0.1) is 13.2 Å². The molecule has 38 heavy (non-hydrogen) atoms. The van der Waals surface area contributed by atoms with Gasteiger partial charge >= 0.3 is 6.36 Å². The molecule has 7 nitrogen and oxygen atoms in total. The third-order valence-corrected chi connectivity index (χ3v) is 6.91. The number of hydrogen-bond acceptors (Lipinski definition) is 5. The van der Waals surface area contributed by atoms with Crippen molar-refractivity contribution in [3.8, 4) is 28.3 Å². The van der Waals surface area contributed by atoms with Crippen LogP contribution in [0, 0.1) is 6.92 Å². The maximum atomic E-state index is 12.7. The van der Waals surface area contributed by atoms with Gasteiger partial charge < -0.3 is 19.6 Å². The Morgan fingerprint density at radius 2 is 1.68 bits per heavy atom. The molecule has 5 aromatic rings. The predicted molar refractivity (Wildman–Crippen MR) is 139 cm³/mol. The minimum absolute atomic E-state index is 0.273. The number of hydrogen-bond donors (Lipinski definition) is 2. The number of halogens is 3. The van der Waals surface area contributed by atoms with E-state index < -0.39 is 6.36 Å². The molecule has 1 fully saturated rings. The highest BCUT2D eigenvalue weighted by molar-refractivity contribution is 5.92. The second kappa shape index (κ2) is 9.51. The van der Waals surface area contributed by atoms with E-state index >= 15 is 0 Å². The van der Waals surface area contributed by atoms with E-state index in [2.05, 4.69) is 48.6 Å². The van der Waals surface area contributed by atoms with Crippen molar-refractivity contribution in [2.24, 2.45) is 0 Å². The zero-order chi connectivity index (χ0) is 26.3. The van der Waals surface area contributed by atoms with Crippen LogP contribution in [0.4, 0.5) is 19.0 Å². The summed E-state index contributed by atoms with van der Waals surface area (Å²) in [6, 6.07) is 17.9. The number of imidazole rings is 1. The Hall–Kier alpha value is -4.34. The van der Waals surface area contributed by atoms with Crippen LogP contribution < -0.4 is 9.64 Å². The topological polar surface area (TPSA) is 82.7 Å². The molecule has 0 spiro atoms. The molecule has 1 aliphatic heterocycles. The Balaban J connectivity index is 1.21. The fraction of sp³-hybridized carbons (Fsp3) is 0.250. The number of aryl methyl sites for hydroxylation is 1. The minimum Gasteiger partial charge on any atom is -0.406 e. The van der Waals surface area contributed by atoms with Crippen molar-refractivity contribution in [1.82, 2.24) is 24.9 Å². The van der Waals surface area contributed by atoms with Gasteiger partial charge in [-0.05, 0) is 38.0 Å². The first-order valence-electron chi connectivity index (χ1n) is 12.4. The van der Waals surface area contributed by atoms with Gasteiger partial charge in [-0.3, -0.25) is 0 Å². The smallest absolute Gasteiger partial charge is 0.406 e. The van der Waals surface area contributed by atoms with Crippen molar-refractivity contribution < 1.29 is 17.9 Å². The summed E-state index contributed by atoms with van der Waals surface area (Å²) >= 11 is 0. The van der Waals surface area contributed by atoms with Crippen LogP contribution in [0.2, 0.25) is 0 Å². The molecule has 0 bridgehead atoms. The Morgan fingerprint density at radius 1 is 0.921 bits per heavy atom. The van der Waals surface area contributed by atoms with Crippen LogP contribution in [-0.4, -0.2) is 44.4 Å². The van der Waals surface area contributed by atoms with Crippen LogP contribution >= 0.6 is 0 Å². The second-order valence-corrected chi connectivity index (χ2v) is 9.44. The van der Waals surface area contributed by atoms with Crippen LogP contribution in [0.15, 0.2) is 67.0 Å². The molecule has 0 saturated carbocycles. The largest absolute Gasteiger partial charge is 0.573 e. The molecule has 3 aromatic heterocycles. The molecule has 4 heterocycles. The molecule has 0 amide bonds. The van der Waals surface area contributed by atoms with Crippen molar-refractivity contribution in [3.63, 3.8) is 0 Å². The number of benzene rings is 2. The van der Waals surface area contributed by atoms with E-state index in [4.69, 9.17) is 4.98 Å². The molecule has 1 saturated heterocycles. The lowest BCUT2D eigenvalue weighted by atomic mass is 9.96. The minimum atomic E-state index is -4.75. The van der Waals surface area contributed by atoms with Crippen LogP contribution in [0.25, 0.3) is 33.5 Å². The van der Waals surface area contributed by atoms with E-state index in [1.807, 2.05) is 24.3 Å². The summed E-state index contributed by atoms with van der Waals surface area (Å²) in [5.41, 5.74) is 5.00. The van der Waals surface area contributed by atoms with Crippen LogP contribution in [0.1, 0.15) is 30.3 Å². The number of fused-ring (bicyclic) bond motifs is 1. The third-order valence-electron chi connectivity index (χ3n) is 6.91. The van der Waals surface area contributed by atoms with Crippen LogP contribution in [0.5, 0.6) is 5.75 Å². The summed E-state index contributed by atoms with van der Waals surface area (Å²) in [7, 11) is 0. The highest BCUT2D eigenvalue weighted by Gasteiger charge is 2.31. The zero-order valence-corrected chi connectivity index (χ0v) is 20.6. The molecular formula is C28H25F3N6O. The van der Waals surface area contributed by atoms with Gasteiger partial charge in [0, 0.05) is 41.5 Å². The summed E-state index contributed by atoms with van der Waals surface area (Å²) in [5, 5.41) is 0.822. The molecule has 6 rings (SSSR count). The Kier molecular flexibility index (Phi) is 6.01. The molecule has 1 aliphatic rings. The number of anilines is 1. The second-order valence-electron chi connectivity index (χ2n) is 9.44. The number of nitrogens with one attached hydrogen (secondary N) is 2. The summed E-state index contributed by atoms with van der Waals surface area (Å²) in [5.74, 6) is 1.86. The summed E-state index contributed by atoms with van der Waals surface area (Å²) in [6.45, 7) is 3.65. The van der Waals surface area contributed by atoms with Gasteiger partial charge in [0.1, 0.15) is 29.4 Å². The predicted octanol–water partition coefficient (Wildman–Crippen LogP) is 6.61. The van der Waals surface area contributed by atoms with Crippen molar-refractivity contribution in [3.05, 3.63) is 78.5 Å². The number of rotatable bonds is 5. The van der Waals surface area contributed by atoms with E-state index in [9.17, 15) is 13.2 Å². The number of piperidine rings is 1. The quantitative estimate of drug-likeness (QED) is 0.274. The van der Waals surface area contributed by atoms with Gasteiger partial charge in [0.25, 0.3) is 0 Å². The lowest BCUT2D eigenvalue weighted by Crippen LogP contribution is -2.33. The number of aromatic amines is 2. The van der Waals surface area contributed by atoms with Gasteiger partial charge in [0.2, 0.25) is 0 Å². The average molecular weight is 519 g/mol. The number of alkyl halides is 3. The van der Waals surface area contributed by atoms with E-state index in [1.165, 1.54) is 24.5 Å². The molecule has 10 heteroatoms. The average Bonchev–Trinajstić information content (AvgIpc) is 3.52.